The number of hydrogen-bond donors (Lipinski definition) is 0. The van der Waals surface area contributed by atoms with Crippen LogP contribution in [0.3, 0.4) is 0 Å². The molecule has 5 heteroatoms. The van der Waals surface area contributed by atoms with Crippen molar-refractivity contribution in [2.24, 2.45) is 4.99 Å². The number of thioether (sulfide) groups is 1. The van der Waals surface area contributed by atoms with Crippen LogP contribution in [0.2, 0.25) is 0 Å². The normalized spacial score (nSPS) is 12.0. The lowest BCUT2D eigenvalue weighted by Crippen LogP contribution is -2.15. The van der Waals surface area contributed by atoms with Gasteiger partial charge >= 0.3 is 0 Å². The van der Waals surface area contributed by atoms with Gasteiger partial charge in [-0.25, -0.2) is 0 Å². The summed E-state index contributed by atoms with van der Waals surface area (Å²) in [6.07, 6.45) is 0.455. The number of aryl methyl sites for hydroxylation is 2. The third kappa shape index (κ3) is 3.97. The highest BCUT2D eigenvalue weighted by molar-refractivity contribution is 7.99. The van der Waals surface area contributed by atoms with Gasteiger partial charge in [0.1, 0.15) is 0 Å². The molecule has 0 atom stereocenters. The molecule has 24 heavy (non-hydrogen) atoms. The summed E-state index contributed by atoms with van der Waals surface area (Å²) in [6.45, 7) is 4.97. The molecule has 3 rings (SSSR count). The van der Waals surface area contributed by atoms with E-state index in [0.717, 1.165) is 22.6 Å². The molecule has 3 nitrogen and oxygen atoms in total. The van der Waals surface area contributed by atoms with Crippen LogP contribution in [0.1, 0.15) is 18.9 Å². The molecule has 0 unspecified atom stereocenters. The highest BCUT2D eigenvalue weighted by Crippen LogP contribution is 2.19. The van der Waals surface area contributed by atoms with Crippen molar-refractivity contribution in [3.8, 4) is 0 Å². The van der Waals surface area contributed by atoms with Gasteiger partial charge in [-0.05, 0) is 38.1 Å². The summed E-state index contributed by atoms with van der Waals surface area (Å²) in [4.78, 5) is 18.5. The smallest absolute Gasteiger partial charge is 0.249 e. The molecule has 0 aliphatic rings. The average molecular weight is 357 g/mol. The predicted molar refractivity (Wildman–Crippen MR) is 103 cm³/mol. The van der Waals surface area contributed by atoms with Gasteiger partial charge in [0.05, 0.1) is 10.2 Å². The van der Waals surface area contributed by atoms with Gasteiger partial charge in [-0.15, -0.1) is 11.8 Å². The molecule has 3 aromatic rings. The first-order chi connectivity index (χ1) is 11.7. The summed E-state index contributed by atoms with van der Waals surface area (Å²) in [5.41, 5.74) is 2.39. The van der Waals surface area contributed by atoms with Crippen molar-refractivity contribution in [3.63, 3.8) is 0 Å². The maximum Gasteiger partial charge on any atom is 0.249 e. The van der Waals surface area contributed by atoms with Gasteiger partial charge in [0.15, 0.2) is 4.80 Å². The molecule has 0 radical (unpaired) electrons. The Kier molecular flexibility index (Phi) is 5.53. The molecular weight excluding hydrogens is 336 g/mol. The van der Waals surface area contributed by atoms with Crippen molar-refractivity contribution in [2.45, 2.75) is 31.7 Å². The van der Waals surface area contributed by atoms with Crippen molar-refractivity contribution >= 4 is 39.2 Å². The third-order valence-electron chi connectivity index (χ3n) is 3.73. The lowest BCUT2D eigenvalue weighted by Gasteiger charge is -2.01. The Bertz CT molecular complexity index is 907. The maximum atomic E-state index is 12.2. The Morgan fingerprint density at radius 1 is 1.17 bits per heavy atom. The standard InChI is InChI=1S/C19H20N2OS2/c1-3-21-16-6-4-5-7-17(16)24-19(21)20-18(22)12-13-23-15-10-8-14(2)9-11-15/h4-11H,3,12-13H2,1-2H3. The first-order valence-electron chi connectivity index (χ1n) is 8.03. The first-order valence-corrected chi connectivity index (χ1v) is 9.83. The van der Waals surface area contributed by atoms with E-state index in [1.165, 1.54) is 15.2 Å². The Morgan fingerprint density at radius 2 is 1.92 bits per heavy atom. The van der Waals surface area contributed by atoms with Gasteiger partial charge in [0, 0.05) is 23.6 Å². The zero-order chi connectivity index (χ0) is 16.9. The number of carbonyl (C=O) groups is 1. The molecule has 2 aromatic carbocycles. The molecule has 1 amide bonds. The fourth-order valence-electron chi connectivity index (χ4n) is 2.46. The van der Waals surface area contributed by atoms with Crippen LogP contribution >= 0.6 is 23.1 Å². The SMILES string of the molecule is CCn1c(=NC(=O)CCSc2ccc(C)cc2)sc2ccccc21. The van der Waals surface area contributed by atoms with Gasteiger partial charge in [-0.2, -0.15) is 4.99 Å². The molecule has 0 spiro atoms. The molecule has 0 aliphatic carbocycles. The molecule has 0 N–H and O–H groups in total. The van der Waals surface area contributed by atoms with Crippen LogP contribution in [-0.2, 0) is 11.3 Å². The Hall–Kier alpha value is -1.85. The first kappa shape index (κ1) is 17.0. The fraction of sp³-hybridized carbons (Fsp3) is 0.263. The summed E-state index contributed by atoms with van der Waals surface area (Å²) < 4.78 is 3.27. The summed E-state index contributed by atoms with van der Waals surface area (Å²) in [5.74, 6) is 0.700. The van der Waals surface area contributed by atoms with E-state index in [1.54, 1.807) is 23.1 Å². The van der Waals surface area contributed by atoms with Gasteiger partial charge in [-0.3, -0.25) is 4.79 Å². The lowest BCUT2D eigenvalue weighted by molar-refractivity contribution is -0.117. The molecule has 0 fully saturated rings. The lowest BCUT2D eigenvalue weighted by atomic mass is 10.2. The van der Waals surface area contributed by atoms with Crippen molar-refractivity contribution in [1.29, 1.82) is 0 Å². The zero-order valence-corrected chi connectivity index (χ0v) is 15.5. The molecule has 124 valence electrons. The largest absolute Gasteiger partial charge is 0.317 e. The van der Waals surface area contributed by atoms with Crippen molar-refractivity contribution < 1.29 is 4.79 Å². The van der Waals surface area contributed by atoms with Crippen LogP contribution in [0.25, 0.3) is 10.2 Å². The highest BCUT2D eigenvalue weighted by atomic mass is 32.2. The second-order valence-corrected chi connectivity index (χ2v) is 7.69. The number of thiazole rings is 1. The number of fused-ring (bicyclic) bond motifs is 1. The Balaban J connectivity index is 1.69. The minimum Gasteiger partial charge on any atom is -0.317 e. The van der Waals surface area contributed by atoms with Crippen molar-refractivity contribution in [3.05, 3.63) is 58.9 Å². The Morgan fingerprint density at radius 3 is 2.67 bits per heavy atom. The van der Waals surface area contributed by atoms with Crippen LogP contribution in [-0.4, -0.2) is 16.2 Å². The van der Waals surface area contributed by atoms with E-state index in [1.807, 2.05) is 12.1 Å². The van der Waals surface area contributed by atoms with E-state index in [-0.39, 0.29) is 5.91 Å². The van der Waals surface area contributed by atoms with E-state index in [0.29, 0.717) is 6.42 Å². The van der Waals surface area contributed by atoms with Gasteiger partial charge in [0.2, 0.25) is 5.91 Å². The molecule has 0 aliphatic heterocycles. The number of aromatic nitrogens is 1. The molecule has 0 bridgehead atoms. The van der Waals surface area contributed by atoms with E-state index >= 15 is 0 Å². The van der Waals surface area contributed by atoms with Crippen LogP contribution in [0.15, 0.2) is 58.4 Å². The van der Waals surface area contributed by atoms with Gasteiger partial charge < -0.3 is 4.57 Å². The zero-order valence-electron chi connectivity index (χ0n) is 13.9. The Labute approximate surface area is 150 Å². The van der Waals surface area contributed by atoms with E-state index in [4.69, 9.17) is 0 Å². The van der Waals surface area contributed by atoms with E-state index < -0.39 is 0 Å². The molecule has 0 saturated carbocycles. The number of para-hydroxylation sites is 1. The second kappa shape index (κ2) is 7.81. The van der Waals surface area contributed by atoms with Crippen LogP contribution in [0.5, 0.6) is 0 Å². The minimum absolute atomic E-state index is 0.0524. The number of benzene rings is 2. The summed E-state index contributed by atoms with van der Waals surface area (Å²) >= 11 is 3.28. The van der Waals surface area contributed by atoms with Gasteiger partial charge in [-0.1, -0.05) is 41.2 Å². The topological polar surface area (TPSA) is 34.4 Å². The number of hydrogen-bond acceptors (Lipinski definition) is 3. The van der Waals surface area contributed by atoms with Crippen LogP contribution in [0.4, 0.5) is 0 Å². The van der Waals surface area contributed by atoms with Crippen LogP contribution in [0, 0.1) is 6.92 Å². The molecular formula is C19H20N2OS2. The predicted octanol–water partition coefficient (Wildman–Crippen LogP) is 4.64. The molecule has 0 saturated heterocycles. The highest BCUT2D eigenvalue weighted by Gasteiger charge is 2.06. The molecule has 1 heterocycles. The van der Waals surface area contributed by atoms with Crippen molar-refractivity contribution in [1.82, 2.24) is 4.57 Å². The van der Waals surface area contributed by atoms with Crippen molar-refractivity contribution in [2.75, 3.05) is 5.75 Å². The number of nitrogens with zero attached hydrogens (tertiary/aromatic N) is 2. The second-order valence-electron chi connectivity index (χ2n) is 5.51. The quantitative estimate of drug-likeness (QED) is 0.624. The summed E-state index contributed by atoms with van der Waals surface area (Å²) in [5, 5.41) is 0. The van der Waals surface area contributed by atoms with Gasteiger partial charge in [0.25, 0.3) is 0 Å². The van der Waals surface area contributed by atoms with E-state index in [9.17, 15) is 4.79 Å². The third-order valence-corrected chi connectivity index (χ3v) is 5.80. The van der Waals surface area contributed by atoms with E-state index in [2.05, 4.69) is 59.8 Å². The fourth-order valence-corrected chi connectivity index (χ4v) is 4.42. The monoisotopic (exact) mass is 356 g/mol. The average Bonchev–Trinajstić information content (AvgIpc) is 2.93. The number of amides is 1. The number of carbonyl (C=O) groups excluding carboxylic acids is 1. The summed E-state index contributed by atoms with van der Waals surface area (Å²) in [7, 11) is 0. The van der Waals surface area contributed by atoms with Crippen LogP contribution < -0.4 is 4.80 Å². The minimum atomic E-state index is -0.0524. The number of rotatable bonds is 5. The molecule has 1 aromatic heterocycles. The summed E-state index contributed by atoms with van der Waals surface area (Å²) in [6, 6.07) is 16.6. The maximum absolute atomic E-state index is 12.2.